The summed E-state index contributed by atoms with van der Waals surface area (Å²) in [7, 11) is 0. The first-order valence-electron chi connectivity index (χ1n) is 6.44. The second-order valence-corrected chi connectivity index (χ2v) is 5.15. The van der Waals surface area contributed by atoms with Gasteiger partial charge >= 0.3 is 0 Å². The standard InChI is InChI=1S/C14H18O5/c1-14-13(17-8-9-5-3-2-4-6-9)11(16)12(19-14)10(7-15)18-14/h2-6,10-13,15-16H,7-8H2,1H3/t10-,11+,12-,13+,14-/m1/s1. The lowest BCUT2D eigenvalue weighted by Gasteiger charge is -2.34. The van der Waals surface area contributed by atoms with Crippen molar-refractivity contribution in [3.05, 3.63) is 35.9 Å². The van der Waals surface area contributed by atoms with Crippen molar-refractivity contribution in [1.29, 1.82) is 0 Å². The van der Waals surface area contributed by atoms with E-state index in [0.717, 1.165) is 5.56 Å². The summed E-state index contributed by atoms with van der Waals surface area (Å²) in [6.45, 7) is 1.96. The molecule has 0 aromatic heterocycles. The zero-order valence-corrected chi connectivity index (χ0v) is 10.7. The summed E-state index contributed by atoms with van der Waals surface area (Å²) >= 11 is 0. The lowest BCUT2D eigenvalue weighted by Crippen LogP contribution is -2.52. The van der Waals surface area contributed by atoms with E-state index in [2.05, 4.69) is 0 Å². The van der Waals surface area contributed by atoms with Crippen LogP contribution in [0.3, 0.4) is 0 Å². The van der Waals surface area contributed by atoms with Crippen molar-refractivity contribution >= 4 is 0 Å². The predicted molar refractivity (Wildman–Crippen MR) is 66.3 cm³/mol. The van der Waals surface area contributed by atoms with Gasteiger partial charge in [0.05, 0.1) is 13.2 Å². The van der Waals surface area contributed by atoms with E-state index in [4.69, 9.17) is 19.3 Å². The third-order valence-corrected chi connectivity index (χ3v) is 3.74. The molecule has 3 rings (SSSR count). The molecule has 2 aliphatic rings. The van der Waals surface area contributed by atoms with E-state index >= 15 is 0 Å². The summed E-state index contributed by atoms with van der Waals surface area (Å²) in [5.74, 6) is -0.980. The Kier molecular flexibility index (Phi) is 3.32. The number of aliphatic hydroxyl groups is 2. The molecule has 104 valence electrons. The highest BCUT2D eigenvalue weighted by molar-refractivity contribution is 5.14. The monoisotopic (exact) mass is 266 g/mol. The molecule has 2 fully saturated rings. The maximum absolute atomic E-state index is 10.2. The van der Waals surface area contributed by atoms with Gasteiger partial charge in [-0.3, -0.25) is 0 Å². The molecule has 5 nitrogen and oxygen atoms in total. The van der Waals surface area contributed by atoms with Gasteiger partial charge < -0.3 is 24.4 Å². The number of rotatable bonds is 4. The highest BCUT2D eigenvalue weighted by Crippen LogP contribution is 2.44. The average Bonchev–Trinajstić information content (AvgIpc) is 2.88. The highest BCUT2D eigenvalue weighted by atomic mass is 16.8. The number of benzene rings is 1. The summed E-state index contributed by atoms with van der Waals surface area (Å²) in [5, 5.41) is 19.3. The van der Waals surface area contributed by atoms with Crippen molar-refractivity contribution in [3.63, 3.8) is 0 Å². The van der Waals surface area contributed by atoms with E-state index in [-0.39, 0.29) is 6.61 Å². The minimum Gasteiger partial charge on any atom is -0.394 e. The molecule has 2 heterocycles. The Bertz CT molecular complexity index is 433. The molecular formula is C14H18O5. The van der Waals surface area contributed by atoms with Gasteiger partial charge in [0.25, 0.3) is 0 Å². The van der Waals surface area contributed by atoms with Crippen LogP contribution >= 0.6 is 0 Å². The molecule has 2 N–H and O–H groups in total. The van der Waals surface area contributed by atoms with E-state index in [0.29, 0.717) is 6.61 Å². The summed E-state index contributed by atoms with van der Waals surface area (Å²) in [4.78, 5) is 0. The van der Waals surface area contributed by atoms with Gasteiger partial charge in [0.15, 0.2) is 5.79 Å². The molecule has 0 aliphatic carbocycles. The van der Waals surface area contributed by atoms with E-state index in [1.54, 1.807) is 6.92 Å². The van der Waals surface area contributed by atoms with Crippen LogP contribution < -0.4 is 0 Å². The average molecular weight is 266 g/mol. The summed E-state index contributed by atoms with van der Waals surface area (Å²) in [5.41, 5.74) is 1.03. The topological polar surface area (TPSA) is 68.2 Å². The van der Waals surface area contributed by atoms with Gasteiger partial charge in [-0.15, -0.1) is 0 Å². The van der Waals surface area contributed by atoms with Gasteiger partial charge in [-0.2, -0.15) is 0 Å². The first kappa shape index (κ1) is 13.0. The molecule has 5 heteroatoms. The molecule has 2 bridgehead atoms. The fourth-order valence-electron chi connectivity index (χ4n) is 2.80. The Morgan fingerprint density at radius 3 is 2.63 bits per heavy atom. The van der Waals surface area contributed by atoms with Gasteiger partial charge in [-0.05, 0) is 12.5 Å². The highest BCUT2D eigenvalue weighted by Gasteiger charge is 2.63. The van der Waals surface area contributed by atoms with Gasteiger partial charge in [-0.1, -0.05) is 30.3 Å². The van der Waals surface area contributed by atoms with E-state index in [9.17, 15) is 5.11 Å². The molecule has 0 unspecified atom stereocenters. The molecule has 1 aromatic carbocycles. The third kappa shape index (κ3) is 2.17. The molecule has 2 saturated heterocycles. The Morgan fingerprint density at radius 1 is 1.26 bits per heavy atom. The Balaban J connectivity index is 1.67. The van der Waals surface area contributed by atoms with Crippen LogP contribution in [0.2, 0.25) is 0 Å². The zero-order chi connectivity index (χ0) is 13.5. The largest absolute Gasteiger partial charge is 0.394 e. The van der Waals surface area contributed by atoms with Crippen LogP contribution in [0.15, 0.2) is 30.3 Å². The van der Waals surface area contributed by atoms with Crippen LogP contribution in [0, 0.1) is 0 Å². The minimum atomic E-state index is -0.980. The minimum absolute atomic E-state index is 0.164. The number of ether oxygens (including phenoxy) is 3. The predicted octanol–water partition coefficient (Wildman–Crippen LogP) is 0.439. The fourth-order valence-corrected chi connectivity index (χ4v) is 2.80. The maximum Gasteiger partial charge on any atom is 0.195 e. The SMILES string of the molecule is C[C@@]12O[C@@H]([C@H](O)[C@@H]1OCc1ccccc1)[C@@H](CO)O2. The van der Waals surface area contributed by atoms with E-state index < -0.39 is 30.2 Å². The van der Waals surface area contributed by atoms with Crippen LogP contribution in [-0.2, 0) is 20.8 Å². The molecule has 19 heavy (non-hydrogen) atoms. The van der Waals surface area contributed by atoms with E-state index in [1.165, 1.54) is 0 Å². The molecule has 2 aliphatic heterocycles. The second kappa shape index (κ2) is 4.85. The number of fused-ring (bicyclic) bond motifs is 2. The molecule has 0 amide bonds. The summed E-state index contributed by atoms with van der Waals surface area (Å²) in [6, 6.07) is 9.73. The molecule has 1 aromatic rings. The first-order chi connectivity index (χ1) is 9.14. The lowest BCUT2D eigenvalue weighted by atomic mass is 9.99. The quantitative estimate of drug-likeness (QED) is 0.827. The lowest BCUT2D eigenvalue weighted by molar-refractivity contribution is -0.230. The van der Waals surface area contributed by atoms with Gasteiger partial charge in [0.2, 0.25) is 0 Å². The third-order valence-electron chi connectivity index (χ3n) is 3.74. The van der Waals surface area contributed by atoms with E-state index in [1.807, 2.05) is 30.3 Å². The molecule has 0 radical (unpaired) electrons. The first-order valence-corrected chi connectivity index (χ1v) is 6.44. The Hall–Kier alpha value is -0.980. The molecular weight excluding hydrogens is 248 g/mol. The van der Waals surface area contributed by atoms with Gasteiger partial charge in [-0.25, -0.2) is 0 Å². The van der Waals surface area contributed by atoms with Crippen LogP contribution in [-0.4, -0.2) is 47.0 Å². The van der Waals surface area contributed by atoms with Crippen molar-refractivity contribution in [3.8, 4) is 0 Å². The molecule has 5 atom stereocenters. The maximum atomic E-state index is 10.2. The second-order valence-electron chi connectivity index (χ2n) is 5.15. The van der Waals surface area contributed by atoms with Gasteiger partial charge in [0, 0.05) is 0 Å². The van der Waals surface area contributed by atoms with Crippen molar-refractivity contribution in [2.24, 2.45) is 0 Å². The normalized spacial score (nSPS) is 40.8. The fraction of sp³-hybridized carbons (Fsp3) is 0.571. The van der Waals surface area contributed by atoms with Gasteiger partial charge in [0.1, 0.15) is 24.4 Å². The van der Waals surface area contributed by atoms with Crippen LogP contribution in [0.1, 0.15) is 12.5 Å². The zero-order valence-electron chi connectivity index (χ0n) is 10.7. The Morgan fingerprint density at radius 2 is 2.00 bits per heavy atom. The van der Waals surface area contributed by atoms with Crippen LogP contribution in [0.25, 0.3) is 0 Å². The summed E-state index contributed by atoms with van der Waals surface area (Å²) < 4.78 is 17.0. The number of hydrogen-bond donors (Lipinski definition) is 2. The molecule has 0 spiro atoms. The van der Waals surface area contributed by atoms with Crippen molar-refractivity contribution in [2.45, 2.75) is 43.7 Å². The molecule has 0 saturated carbocycles. The number of aliphatic hydroxyl groups excluding tert-OH is 2. The number of hydrogen-bond acceptors (Lipinski definition) is 5. The van der Waals surface area contributed by atoms with Crippen molar-refractivity contribution in [2.75, 3.05) is 6.61 Å². The summed E-state index contributed by atoms with van der Waals surface area (Å²) in [6.07, 6.45) is -2.31. The van der Waals surface area contributed by atoms with Crippen LogP contribution in [0.4, 0.5) is 0 Å². The van der Waals surface area contributed by atoms with Crippen molar-refractivity contribution in [1.82, 2.24) is 0 Å². The smallest absolute Gasteiger partial charge is 0.195 e. The van der Waals surface area contributed by atoms with Crippen molar-refractivity contribution < 1.29 is 24.4 Å². The Labute approximate surface area is 111 Å². The van der Waals surface area contributed by atoms with Crippen LogP contribution in [0.5, 0.6) is 0 Å².